The molecule has 0 unspecified atom stereocenters. The lowest BCUT2D eigenvalue weighted by Crippen LogP contribution is -2.32. The number of rotatable bonds is 5. The molecule has 0 radical (unpaired) electrons. The fourth-order valence-electron chi connectivity index (χ4n) is 1.88. The SMILES string of the molecule is CCN(CCC(=O)O)C(=O)c1cc2ccccc2o1. The lowest BCUT2D eigenvalue weighted by molar-refractivity contribution is -0.137. The van der Waals surface area contributed by atoms with Crippen LogP contribution >= 0.6 is 0 Å². The van der Waals surface area contributed by atoms with E-state index in [2.05, 4.69) is 0 Å². The van der Waals surface area contributed by atoms with Crippen molar-refractivity contribution in [3.05, 3.63) is 36.1 Å². The van der Waals surface area contributed by atoms with Gasteiger partial charge in [0.25, 0.3) is 5.91 Å². The zero-order chi connectivity index (χ0) is 13.8. The molecule has 0 bridgehead atoms. The van der Waals surface area contributed by atoms with Gasteiger partial charge in [-0.05, 0) is 19.1 Å². The van der Waals surface area contributed by atoms with Crippen LogP contribution in [0.5, 0.6) is 0 Å². The molecule has 0 saturated carbocycles. The number of carboxylic acids is 1. The van der Waals surface area contributed by atoms with E-state index >= 15 is 0 Å². The maximum atomic E-state index is 12.2. The third kappa shape index (κ3) is 2.93. The van der Waals surface area contributed by atoms with E-state index in [0.717, 1.165) is 5.39 Å². The highest BCUT2D eigenvalue weighted by Gasteiger charge is 2.19. The van der Waals surface area contributed by atoms with Gasteiger partial charge in [0.1, 0.15) is 5.58 Å². The highest BCUT2D eigenvalue weighted by atomic mass is 16.4. The number of fused-ring (bicyclic) bond motifs is 1. The van der Waals surface area contributed by atoms with Crippen LogP contribution in [0.2, 0.25) is 0 Å². The zero-order valence-corrected chi connectivity index (χ0v) is 10.6. The summed E-state index contributed by atoms with van der Waals surface area (Å²) < 4.78 is 5.48. The zero-order valence-electron chi connectivity index (χ0n) is 10.6. The number of para-hydroxylation sites is 1. The molecule has 100 valence electrons. The maximum Gasteiger partial charge on any atom is 0.305 e. The molecule has 5 nitrogen and oxygen atoms in total. The molecule has 0 saturated heterocycles. The summed E-state index contributed by atoms with van der Waals surface area (Å²) in [5.74, 6) is -0.954. The van der Waals surface area contributed by atoms with Gasteiger partial charge in [0, 0.05) is 18.5 Å². The minimum Gasteiger partial charge on any atom is -0.481 e. The number of aliphatic carboxylic acids is 1. The summed E-state index contributed by atoms with van der Waals surface area (Å²) in [5.41, 5.74) is 0.653. The van der Waals surface area contributed by atoms with Crippen LogP contribution < -0.4 is 0 Å². The molecule has 19 heavy (non-hydrogen) atoms. The van der Waals surface area contributed by atoms with Gasteiger partial charge >= 0.3 is 5.97 Å². The van der Waals surface area contributed by atoms with Gasteiger partial charge in [-0.15, -0.1) is 0 Å². The van der Waals surface area contributed by atoms with Crippen molar-refractivity contribution >= 4 is 22.8 Å². The van der Waals surface area contributed by atoms with Gasteiger partial charge in [-0.1, -0.05) is 18.2 Å². The lowest BCUT2D eigenvalue weighted by Gasteiger charge is -2.18. The molecule has 1 heterocycles. The van der Waals surface area contributed by atoms with E-state index < -0.39 is 5.97 Å². The number of carbonyl (C=O) groups is 2. The number of benzene rings is 1. The summed E-state index contributed by atoms with van der Waals surface area (Å²) >= 11 is 0. The van der Waals surface area contributed by atoms with Crippen LogP contribution in [0, 0.1) is 0 Å². The molecule has 0 aliphatic rings. The monoisotopic (exact) mass is 261 g/mol. The van der Waals surface area contributed by atoms with E-state index in [9.17, 15) is 9.59 Å². The third-order valence-electron chi connectivity index (χ3n) is 2.90. The standard InChI is InChI=1S/C14H15NO4/c1-2-15(8-7-13(16)17)14(18)12-9-10-5-3-4-6-11(10)19-12/h3-6,9H,2,7-8H2,1H3,(H,16,17). The minimum absolute atomic E-state index is 0.0696. The van der Waals surface area contributed by atoms with Gasteiger partial charge in [0.05, 0.1) is 6.42 Å². The second kappa shape index (κ2) is 5.56. The quantitative estimate of drug-likeness (QED) is 0.897. The summed E-state index contributed by atoms with van der Waals surface area (Å²) in [7, 11) is 0. The van der Waals surface area contributed by atoms with Crippen molar-refractivity contribution in [1.29, 1.82) is 0 Å². The van der Waals surface area contributed by atoms with E-state index in [-0.39, 0.29) is 24.6 Å². The fourth-order valence-corrected chi connectivity index (χ4v) is 1.88. The van der Waals surface area contributed by atoms with E-state index in [1.807, 2.05) is 25.1 Å². The van der Waals surface area contributed by atoms with Crippen LogP contribution in [-0.2, 0) is 4.79 Å². The average Bonchev–Trinajstić information content (AvgIpc) is 2.82. The Hall–Kier alpha value is -2.30. The van der Waals surface area contributed by atoms with Crippen molar-refractivity contribution < 1.29 is 19.1 Å². The Morgan fingerprint density at radius 1 is 1.32 bits per heavy atom. The van der Waals surface area contributed by atoms with E-state index in [0.29, 0.717) is 12.1 Å². The maximum absolute atomic E-state index is 12.2. The summed E-state index contributed by atoms with van der Waals surface area (Å²) in [5, 5.41) is 9.52. The second-order valence-electron chi connectivity index (χ2n) is 4.18. The van der Waals surface area contributed by atoms with Crippen molar-refractivity contribution in [3.8, 4) is 0 Å². The van der Waals surface area contributed by atoms with Crippen molar-refractivity contribution in [3.63, 3.8) is 0 Å². The first-order valence-corrected chi connectivity index (χ1v) is 6.11. The van der Waals surface area contributed by atoms with Crippen LogP contribution in [0.15, 0.2) is 34.7 Å². The van der Waals surface area contributed by atoms with Crippen LogP contribution in [0.3, 0.4) is 0 Å². The van der Waals surface area contributed by atoms with Gasteiger partial charge in [-0.2, -0.15) is 0 Å². The number of furan rings is 1. The Balaban J connectivity index is 2.18. The van der Waals surface area contributed by atoms with Crippen LogP contribution in [0.25, 0.3) is 11.0 Å². The molecule has 1 aromatic heterocycles. The smallest absolute Gasteiger partial charge is 0.305 e. The van der Waals surface area contributed by atoms with Crippen LogP contribution in [0.1, 0.15) is 23.9 Å². The molecular formula is C14H15NO4. The molecule has 0 atom stereocenters. The lowest BCUT2D eigenvalue weighted by atomic mass is 10.2. The summed E-state index contributed by atoms with van der Waals surface area (Å²) in [6.45, 7) is 2.44. The molecule has 1 N–H and O–H groups in total. The van der Waals surface area contributed by atoms with Crippen molar-refractivity contribution in [2.45, 2.75) is 13.3 Å². The summed E-state index contributed by atoms with van der Waals surface area (Å²) in [6, 6.07) is 9.04. The Morgan fingerprint density at radius 3 is 2.68 bits per heavy atom. The number of hydrogen-bond donors (Lipinski definition) is 1. The van der Waals surface area contributed by atoms with Crippen LogP contribution in [-0.4, -0.2) is 35.0 Å². The van der Waals surface area contributed by atoms with Gasteiger partial charge in [0.15, 0.2) is 5.76 Å². The van der Waals surface area contributed by atoms with Gasteiger partial charge < -0.3 is 14.4 Å². The van der Waals surface area contributed by atoms with Crippen LogP contribution in [0.4, 0.5) is 0 Å². The average molecular weight is 261 g/mol. The Kier molecular flexibility index (Phi) is 3.85. The van der Waals surface area contributed by atoms with Gasteiger partial charge in [-0.3, -0.25) is 9.59 Å². The molecule has 2 rings (SSSR count). The minimum atomic E-state index is -0.921. The Bertz CT molecular complexity index is 569. The number of nitrogens with zero attached hydrogens (tertiary/aromatic N) is 1. The normalized spacial score (nSPS) is 10.6. The predicted octanol–water partition coefficient (Wildman–Crippen LogP) is 2.37. The molecule has 1 aromatic carbocycles. The molecule has 0 fully saturated rings. The highest BCUT2D eigenvalue weighted by Crippen LogP contribution is 2.20. The number of amides is 1. The van der Waals surface area contributed by atoms with Gasteiger partial charge in [0.2, 0.25) is 0 Å². The van der Waals surface area contributed by atoms with Crippen molar-refractivity contribution in [1.82, 2.24) is 4.90 Å². The Labute approximate surface area is 110 Å². The van der Waals surface area contributed by atoms with E-state index in [4.69, 9.17) is 9.52 Å². The second-order valence-corrected chi connectivity index (χ2v) is 4.18. The molecule has 5 heteroatoms. The molecule has 1 amide bonds. The first-order valence-electron chi connectivity index (χ1n) is 6.11. The molecule has 0 aliphatic carbocycles. The third-order valence-corrected chi connectivity index (χ3v) is 2.90. The highest BCUT2D eigenvalue weighted by molar-refractivity contribution is 5.96. The number of carbonyl (C=O) groups excluding carboxylic acids is 1. The summed E-state index contributed by atoms with van der Waals surface area (Å²) in [4.78, 5) is 24.2. The fraction of sp³-hybridized carbons (Fsp3) is 0.286. The van der Waals surface area contributed by atoms with Gasteiger partial charge in [-0.25, -0.2) is 0 Å². The molecule has 0 aliphatic heterocycles. The number of hydrogen-bond acceptors (Lipinski definition) is 3. The first kappa shape index (κ1) is 13.1. The first-order chi connectivity index (χ1) is 9.11. The largest absolute Gasteiger partial charge is 0.481 e. The molecule has 2 aromatic rings. The van der Waals surface area contributed by atoms with E-state index in [1.165, 1.54) is 4.90 Å². The predicted molar refractivity (Wildman–Crippen MR) is 70.0 cm³/mol. The molecular weight excluding hydrogens is 246 g/mol. The topological polar surface area (TPSA) is 70.8 Å². The number of carboxylic acid groups (broad SMARTS) is 1. The van der Waals surface area contributed by atoms with Crippen molar-refractivity contribution in [2.75, 3.05) is 13.1 Å². The molecule has 0 spiro atoms. The van der Waals surface area contributed by atoms with E-state index in [1.54, 1.807) is 12.1 Å². The van der Waals surface area contributed by atoms with Crippen molar-refractivity contribution in [2.24, 2.45) is 0 Å². The summed E-state index contributed by atoms with van der Waals surface area (Å²) in [6.07, 6.45) is -0.0696. The Morgan fingerprint density at radius 2 is 2.05 bits per heavy atom.